The zero-order valence-electron chi connectivity index (χ0n) is 24.2. The molecule has 44 heavy (non-hydrogen) atoms. The topological polar surface area (TPSA) is 128 Å². The first-order valence-corrected chi connectivity index (χ1v) is 14.0. The summed E-state index contributed by atoms with van der Waals surface area (Å²) in [5.41, 5.74) is 0.909. The van der Waals surface area contributed by atoms with E-state index in [-0.39, 0.29) is 29.5 Å². The van der Waals surface area contributed by atoms with Crippen LogP contribution < -0.4 is 10.6 Å². The average Bonchev–Trinajstić information content (AvgIpc) is 3.68. The van der Waals surface area contributed by atoms with Crippen molar-refractivity contribution in [3.05, 3.63) is 83.6 Å². The fourth-order valence-electron chi connectivity index (χ4n) is 5.36. The van der Waals surface area contributed by atoms with Gasteiger partial charge in [0, 0.05) is 41.6 Å². The highest BCUT2D eigenvalue weighted by Crippen LogP contribution is 2.55. The lowest BCUT2D eigenvalue weighted by Crippen LogP contribution is -2.35. The lowest BCUT2D eigenvalue weighted by atomic mass is 9.96. The Bertz CT molecular complexity index is 1970. The van der Waals surface area contributed by atoms with E-state index in [1.54, 1.807) is 24.5 Å². The highest BCUT2D eigenvalue weighted by molar-refractivity contribution is 5.99. The van der Waals surface area contributed by atoms with Gasteiger partial charge in [-0.15, -0.1) is 5.10 Å². The molecular formula is C32H28F3N9. The minimum absolute atomic E-state index is 0.0634. The third-order valence-electron chi connectivity index (χ3n) is 7.84. The van der Waals surface area contributed by atoms with Gasteiger partial charge >= 0.3 is 6.18 Å². The predicted molar refractivity (Wildman–Crippen MR) is 160 cm³/mol. The molecule has 2 N–H and O–H groups in total. The summed E-state index contributed by atoms with van der Waals surface area (Å²) in [6, 6.07) is 14.5. The highest BCUT2D eigenvalue weighted by atomic mass is 19.4. The highest BCUT2D eigenvalue weighted by Gasteiger charge is 2.66. The quantitative estimate of drug-likeness (QED) is 0.210. The molecule has 0 amide bonds. The van der Waals surface area contributed by atoms with Gasteiger partial charge in [-0.25, -0.2) is 4.68 Å². The van der Waals surface area contributed by atoms with E-state index in [1.807, 2.05) is 24.3 Å². The maximum Gasteiger partial charge on any atom is 0.413 e. The summed E-state index contributed by atoms with van der Waals surface area (Å²) < 4.78 is 42.8. The molecule has 2 aromatic carbocycles. The zero-order valence-corrected chi connectivity index (χ0v) is 24.2. The first kappa shape index (κ1) is 28.9. The fraction of sp³-hybridized carbons (Fsp3) is 0.312. The second-order valence-corrected chi connectivity index (χ2v) is 12.2. The number of halogens is 3. The van der Waals surface area contributed by atoms with Crippen LogP contribution in [0.25, 0.3) is 21.7 Å². The zero-order chi connectivity index (χ0) is 31.3. The van der Waals surface area contributed by atoms with E-state index in [2.05, 4.69) is 63.8 Å². The summed E-state index contributed by atoms with van der Waals surface area (Å²) >= 11 is 0. The monoisotopic (exact) mass is 595 g/mol. The molecule has 0 saturated heterocycles. The SMILES string of the molecule is CC(C)(C)CNc1c(C#N)cnc2c(C#N)cc(N[C@H](c3cn(C4(C(F)(F)F)CC4)nn3)c3cccc4cnccc34)cc12. The number of hydrogen-bond acceptors (Lipinski definition) is 8. The molecule has 3 aromatic heterocycles. The maximum atomic E-state index is 14.0. The number of fused-ring (bicyclic) bond motifs is 2. The molecule has 0 unspecified atom stereocenters. The molecule has 0 bridgehead atoms. The Morgan fingerprint density at radius 1 is 1.02 bits per heavy atom. The van der Waals surface area contributed by atoms with E-state index < -0.39 is 17.8 Å². The number of hydrogen-bond donors (Lipinski definition) is 2. The van der Waals surface area contributed by atoms with Gasteiger partial charge < -0.3 is 10.6 Å². The smallest absolute Gasteiger partial charge is 0.383 e. The van der Waals surface area contributed by atoms with Gasteiger partial charge in [0.25, 0.3) is 0 Å². The Morgan fingerprint density at radius 2 is 1.80 bits per heavy atom. The number of nitrogens with zero attached hydrogens (tertiary/aromatic N) is 7. The van der Waals surface area contributed by atoms with Crippen molar-refractivity contribution in [2.75, 3.05) is 17.2 Å². The molecule has 0 radical (unpaired) electrons. The Morgan fingerprint density at radius 3 is 2.48 bits per heavy atom. The van der Waals surface area contributed by atoms with Gasteiger partial charge in [-0.2, -0.15) is 23.7 Å². The molecule has 1 fully saturated rings. The normalized spacial score (nSPS) is 15.0. The summed E-state index contributed by atoms with van der Waals surface area (Å²) in [6.45, 7) is 6.73. The lowest BCUT2D eigenvalue weighted by Gasteiger charge is -2.23. The van der Waals surface area contributed by atoms with Gasteiger partial charge in [0.1, 0.15) is 17.8 Å². The van der Waals surface area contributed by atoms with Crippen LogP contribution in [0, 0.1) is 28.1 Å². The van der Waals surface area contributed by atoms with E-state index in [1.165, 1.54) is 12.4 Å². The van der Waals surface area contributed by atoms with Crippen LogP contribution in [-0.4, -0.2) is 37.7 Å². The Labute approximate surface area is 251 Å². The molecule has 12 heteroatoms. The second kappa shape index (κ2) is 10.5. The lowest BCUT2D eigenvalue weighted by molar-refractivity contribution is -0.182. The largest absolute Gasteiger partial charge is 0.413 e. The number of nitrogens with one attached hydrogen (secondary N) is 2. The van der Waals surface area contributed by atoms with Crippen molar-refractivity contribution >= 4 is 33.1 Å². The third kappa shape index (κ3) is 5.13. The van der Waals surface area contributed by atoms with Crippen LogP contribution in [0.5, 0.6) is 0 Å². The summed E-state index contributed by atoms with van der Waals surface area (Å²) in [4.78, 5) is 8.62. The van der Waals surface area contributed by atoms with E-state index >= 15 is 0 Å². The van der Waals surface area contributed by atoms with Gasteiger partial charge in [0.2, 0.25) is 0 Å². The van der Waals surface area contributed by atoms with Crippen LogP contribution in [0.4, 0.5) is 24.5 Å². The van der Waals surface area contributed by atoms with Crippen LogP contribution >= 0.6 is 0 Å². The van der Waals surface area contributed by atoms with Gasteiger partial charge in [0.05, 0.1) is 34.6 Å². The van der Waals surface area contributed by atoms with Crippen LogP contribution in [-0.2, 0) is 5.54 Å². The first-order valence-electron chi connectivity index (χ1n) is 14.0. The summed E-state index contributed by atoms with van der Waals surface area (Å²) in [6.07, 6.45) is 1.56. The van der Waals surface area contributed by atoms with Crippen LogP contribution in [0.1, 0.15) is 62.0 Å². The molecule has 0 spiro atoms. The molecule has 222 valence electrons. The van der Waals surface area contributed by atoms with Crippen LogP contribution in [0.3, 0.4) is 0 Å². The van der Waals surface area contributed by atoms with Crippen molar-refractivity contribution in [3.8, 4) is 12.1 Å². The second-order valence-electron chi connectivity index (χ2n) is 12.2. The van der Waals surface area contributed by atoms with Gasteiger partial charge in [-0.3, -0.25) is 9.97 Å². The number of benzene rings is 2. The summed E-state index contributed by atoms with van der Waals surface area (Å²) in [5, 5.41) is 37.1. The van der Waals surface area contributed by atoms with Crippen molar-refractivity contribution in [1.82, 2.24) is 25.0 Å². The van der Waals surface area contributed by atoms with Gasteiger partial charge in [-0.05, 0) is 47.4 Å². The number of rotatable bonds is 7. The summed E-state index contributed by atoms with van der Waals surface area (Å²) in [5.74, 6) is 0. The Balaban J connectivity index is 1.51. The maximum absolute atomic E-state index is 14.0. The molecule has 1 saturated carbocycles. The van der Waals surface area contributed by atoms with Gasteiger partial charge in [0.15, 0.2) is 5.54 Å². The summed E-state index contributed by atoms with van der Waals surface area (Å²) in [7, 11) is 0. The molecule has 5 aromatic rings. The van der Waals surface area contributed by atoms with Crippen LogP contribution in [0.2, 0.25) is 0 Å². The molecule has 0 aliphatic heterocycles. The number of alkyl halides is 3. The molecule has 1 aliphatic carbocycles. The van der Waals surface area contributed by atoms with Crippen molar-refractivity contribution in [2.45, 2.75) is 51.4 Å². The molecule has 1 aliphatic rings. The average molecular weight is 596 g/mol. The molecule has 9 nitrogen and oxygen atoms in total. The van der Waals surface area contributed by atoms with E-state index in [0.717, 1.165) is 21.0 Å². The number of nitriles is 2. The van der Waals surface area contributed by atoms with Gasteiger partial charge in [-0.1, -0.05) is 44.2 Å². The van der Waals surface area contributed by atoms with E-state index in [0.29, 0.717) is 34.4 Å². The third-order valence-corrected chi connectivity index (χ3v) is 7.84. The number of aromatic nitrogens is 5. The Hall–Kier alpha value is -5.23. The Kier molecular flexibility index (Phi) is 6.88. The molecular weight excluding hydrogens is 567 g/mol. The van der Waals surface area contributed by atoms with E-state index in [9.17, 15) is 23.7 Å². The van der Waals surface area contributed by atoms with Crippen molar-refractivity contribution < 1.29 is 13.2 Å². The number of pyridine rings is 2. The fourth-order valence-corrected chi connectivity index (χ4v) is 5.36. The molecule has 6 rings (SSSR count). The first-order chi connectivity index (χ1) is 20.9. The predicted octanol–water partition coefficient (Wildman–Crippen LogP) is 6.83. The minimum atomic E-state index is -4.46. The molecule has 1 atom stereocenters. The standard InChI is InChI=1S/C32H28F3N9/c1-30(2,3)18-40-28-21(14-37)16-39-27-20(13-36)11-22(12-25(27)28)41-29(24-6-4-5-19-15-38-10-7-23(19)24)26-17-44(43-42-26)31(8-9-31)32(33,34)35/h4-7,10-12,15-17,29,41H,8-9,18H2,1-3H3,(H,39,40)/t29-/m0/s1. The molecule has 3 heterocycles. The van der Waals surface area contributed by atoms with Crippen LogP contribution in [0.15, 0.2) is 61.2 Å². The minimum Gasteiger partial charge on any atom is -0.383 e. The number of anilines is 2. The van der Waals surface area contributed by atoms with Crippen molar-refractivity contribution in [2.24, 2.45) is 5.41 Å². The van der Waals surface area contributed by atoms with E-state index in [4.69, 9.17) is 0 Å². The van der Waals surface area contributed by atoms with Crippen molar-refractivity contribution in [1.29, 1.82) is 10.5 Å². The van der Waals surface area contributed by atoms with Crippen molar-refractivity contribution in [3.63, 3.8) is 0 Å².